The second-order valence-electron chi connectivity index (χ2n) is 12.6. The summed E-state index contributed by atoms with van der Waals surface area (Å²) in [7, 11) is 0. The molecule has 7 rings (SSSR count). The number of nitrogens with zero attached hydrogens (tertiary/aromatic N) is 2. The number of anilines is 2. The van der Waals surface area contributed by atoms with Crippen LogP contribution < -0.4 is 15.1 Å². The number of hydrogen-bond donors (Lipinski definition) is 1. The number of aromatic nitrogens is 1. The quantitative estimate of drug-likeness (QED) is 0.208. The van der Waals surface area contributed by atoms with E-state index in [2.05, 4.69) is 26.1 Å². The molecule has 3 heterocycles. The second kappa shape index (κ2) is 11.4. The molecule has 0 saturated carbocycles. The number of hydrogen-bond acceptors (Lipinski definition) is 6. The molecule has 2 aliphatic rings. The van der Waals surface area contributed by atoms with Crippen molar-refractivity contribution in [1.29, 1.82) is 0 Å². The first-order valence-electron chi connectivity index (χ1n) is 14.9. The van der Waals surface area contributed by atoms with Crippen molar-refractivity contribution in [1.82, 2.24) is 4.57 Å². The first-order chi connectivity index (χ1) is 22.0. The number of amides is 3. The predicted octanol–water partition coefficient (Wildman–Crippen LogP) is 6.93. The van der Waals surface area contributed by atoms with Crippen LogP contribution >= 0.6 is 23.1 Å². The number of carbonyl (C=O) groups is 3. The van der Waals surface area contributed by atoms with Gasteiger partial charge < -0.3 is 5.32 Å². The highest BCUT2D eigenvalue weighted by Gasteiger charge is 2.56. The number of carbonyl (C=O) groups excluding carboxylic acids is 3. The molecule has 0 unspecified atom stereocenters. The molecule has 1 fully saturated rings. The van der Waals surface area contributed by atoms with Crippen LogP contribution in [-0.2, 0) is 26.3 Å². The van der Waals surface area contributed by atoms with Crippen LogP contribution in [0.2, 0.25) is 0 Å². The molecule has 4 aromatic carbocycles. The molecule has 0 radical (unpaired) electrons. The Bertz CT molecular complexity index is 2080. The lowest BCUT2D eigenvalue weighted by Gasteiger charge is -2.31. The fraction of sp³-hybridized carbons (Fsp3) is 0.222. The number of imide groups is 1. The summed E-state index contributed by atoms with van der Waals surface area (Å²) in [4.78, 5) is 56.3. The van der Waals surface area contributed by atoms with Gasteiger partial charge in [-0.15, -0.1) is 0 Å². The van der Waals surface area contributed by atoms with Crippen LogP contribution in [0.4, 0.5) is 15.8 Å². The van der Waals surface area contributed by atoms with E-state index in [1.165, 1.54) is 28.8 Å². The lowest BCUT2D eigenvalue weighted by molar-refractivity contribution is -0.122. The highest BCUT2D eigenvalue weighted by atomic mass is 32.2. The van der Waals surface area contributed by atoms with Gasteiger partial charge in [0, 0.05) is 16.5 Å². The van der Waals surface area contributed by atoms with Crippen LogP contribution in [0.15, 0.2) is 101 Å². The van der Waals surface area contributed by atoms with Crippen molar-refractivity contribution in [3.8, 4) is 0 Å². The SMILES string of the molecule is CC(C)(C)c1ccc([C@@H]2c3sc(=O)n(CC(=O)Nc4ccc5ccccc5c4)c3S[C@H]3C(=O)N(c4ccc(F)cc4)C(=O)[C@@H]23)cc1. The van der Waals surface area contributed by atoms with E-state index < -0.39 is 34.7 Å². The Morgan fingerprint density at radius 1 is 0.870 bits per heavy atom. The van der Waals surface area contributed by atoms with Crippen molar-refractivity contribution in [3.05, 3.63) is 122 Å². The molecule has 46 heavy (non-hydrogen) atoms. The molecule has 10 heteroatoms. The van der Waals surface area contributed by atoms with Gasteiger partial charge in [-0.05, 0) is 63.7 Å². The zero-order valence-corrected chi connectivity index (χ0v) is 27.0. The highest BCUT2D eigenvalue weighted by molar-refractivity contribution is 8.00. The van der Waals surface area contributed by atoms with Gasteiger partial charge in [0.15, 0.2) is 0 Å². The summed E-state index contributed by atoms with van der Waals surface area (Å²) >= 11 is 2.16. The van der Waals surface area contributed by atoms with Crippen molar-refractivity contribution < 1.29 is 18.8 Å². The maximum Gasteiger partial charge on any atom is 0.308 e. The highest BCUT2D eigenvalue weighted by Crippen LogP contribution is 2.54. The molecule has 5 aromatic rings. The molecule has 0 bridgehead atoms. The van der Waals surface area contributed by atoms with Crippen molar-refractivity contribution in [2.45, 2.75) is 48.9 Å². The molecule has 0 spiro atoms. The molecule has 3 atom stereocenters. The second-order valence-corrected chi connectivity index (χ2v) is 14.8. The fourth-order valence-corrected chi connectivity index (χ4v) is 9.03. The van der Waals surface area contributed by atoms with Gasteiger partial charge in [0.05, 0.1) is 16.6 Å². The molecule has 232 valence electrons. The Morgan fingerprint density at radius 2 is 1.57 bits per heavy atom. The van der Waals surface area contributed by atoms with Gasteiger partial charge in [-0.2, -0.15) is 0 Å². The van der Waals surface area contributed by atoms with Crippen LogP contribution in [-0.4, -0.2) is 27.5 Å². The Balaban J connectivity index is 1.27. The standard InChI is InChI=1S/C36H30FN3O4S2/c1-36(2,3)23-11-8-21(9-12-23)28-29-30(33(43)40(32(29)42)26-16-13-24(37)14-17-26)45-34-31(28)46-35(44)39(34)19-27(41)38-25-15-10-20-6-4-5-7-22(20)18-25/h4-18,28-30H,19H2,1-3H3,(H,38,41)/t28-,29-,30+/m0/s1. The van der Waals surface area contributed by atoms with E-state index >= 15 is 0 Å². The maximum atomic E-state index is 14.1. The smallest absolute Gasteiger partial charge is 0.308 e. The summed E-state index contributed by atoms with van der Waals surface area (Å²) in [6.07, 6.45) is 0. The number of thioether (sulfide) groups is 1. The Morgan fingerprint density at radius 3 is 2.26 bits per heavy atom. The minimum absolute atomic E-state index is 0.0975. The predicted molar refractivity (Wildman–Crippen MR) is 180 cm³/mol. The summed E-state index contributed by atoms with van der Waals surface area (Å²) in [5, 5.41) is 4.60. The van der Waals surface area contributed by atoms with E-state index in [0.717, 1.165) is 49.9 Å². The zero-order valence-electron chi connectivity index (χ0n) is 25.3. The summed E-state index contributed by atoms with van der Waals surface area (Å²) in [5.74, 6) is -3.05. The minimum Gasteiger partial charge on any atom is -0.325 e. The van der Waals surface area contributed by atoms with Crippen molar-refractivity contribution in [2.75, 3.05) is 10.2 Å². The lowest BCUT2D eigenvalue weighted by Crippen LogP contribution is -2.33. The number of fused-ring (bicyclic) bond motifs is 3. The molecule has 1 N–H and O–H groups in total. The zero-order chi connectivity index (χ0) is 32.3. The molecule has 2 aliphatic heterocycles. The monoisotopic (exact) mass is 651 g/mol. The third-order valence-corrected chi connectivity index (χ3v) is 11.2. The van der Waals surface area contributed by atoms with Crippen LogP contribution in [0.1, 0.15) is 42.7 Å². The fourth-order valence-electron chi connectivity index (χ4n) is 6.26. The number of nitrogens with one attached hydrogen (secondary N) is 1. The molecular weight excluding hydrogens is 622 g/mol. The third kappa shape index (κ3) is 5.25. The van der Waals surface area contributed by atoms with E-state index in [-0.39, 0.29) is 22.7 Å². The molecule has 3 amide bonds. The normalized spacial score (nSPS) is 19.3. The van der Waals surface area contributed by atoms with E-state index in [4.69, 9.17) is 0 Å². The van der Waals surface area contributed by atoms with Gasteiger partial charge >= 0.3 is 4.87 Å². The van der Waals surface area contributed by atoms with Gasteiger partial charge in [-0.25, -0.2) is 9.29 Å². The van der Waals surface area contributed by atoms with Gasteiger partial charge in [0.2, 0.25) is 17.7 Å². The molecular formula is C36H30FN3O4S2. The van der Waals surface area contributed by atoms with Gasteiger partial charge in [-0.3, -0.25) is 23.7 Å². The van der Waals surface area contributed by atoms with Gasteiger partial charge in [0.25, 0.3) is 0 Å². The van der Waals surface area contributed by atoms with Crippen molar-refractivity contribution >= 4 is 63.0 Å². The molecule has 0 aliphatic carbocycles. The topological polar surface area (TPSA) is 88.5 Å². The average Bonchev–Trinajstić information content (AvgIpc) is 3.47. The first-order valence-corrected chi connectivity index (χ1v) is 16.6. The Kier molecular flexibility index (Phi) is 7.44. The summed E-state index contributed by atoms with van der Waals surface area (Å²) < 4.78 is 15.1. The van der Waals surface area contributed by atoms with E-state index in [9.17, 15) is 23.6 Å². The van der Waals surface area contributed by atoms with Crippen LogP contribution in [0.5, 0.6) is 0 Å². The maximum absolute atomic E-state index is 14.1. The number of rotatable bonds is 5. The van der Waals surface area contributed by atoms with Crippen LogP contribution in [0.25, 0.3) is 10.8 Å². The summed E-state index contributed by atoms with van der Waals surface area (Å²) in [6.45, 7) is 6.09. The Labute approximate surface area is 273 Å². The minimum atomic E-state index is -0.832. The number of benzene rings is 4. The lowest BCUT2D eigenvalue weighted by atomic mass is 9.81. The number of halogens is 1. The summed E-state index contributed by atoms with van der Waals surface area (Å²) in [6, 6.07) is 26.7. The van der Waals surface area contributed by atoms with Gasteiger partial charge in [-0.1, -0.05) is 98.5 Å². The van der Waals surface area contributed by atoms with Crippen LogP contribution in [0, 0.1) is 11.7 Å². The molecule has 1 saturated heterocycles. The Hall–Kier alpha value is -4.54. The van der Waals surface area contributed by atoms with Crippen molar-refractivity contribution in [3.63, 3.8) is 0 Å². The number of thiazole rings is 1. The van der Waals surface area contributed by atoms with Gasteiger partial charge in [0.1, 0.15) is 17.6 Å². The molecule has 1 aromatic heterocycles. The van der Waals surface area contributed by atoms with Crippen molar-refractivity contribution in [2.24, 2.45) is 5.92 Å². The molecule has 7 nitrogen and oxygen atoms in total. The van der Waals surface area contributed by atoms with E-state index in [1.54, 1.807) is 0 Å². The third-order valence-electron chi connectivity index (χ3n) is 8.60. The summed E-state index contributed by atoms with van der Waals surface area (Å²) in [5.41, 5.74) is 2.72. The average molecular weight is 652 g/mol. The van der Waals surface area contributed by atoms with E-state index in [0.29, 0.717) is 21.3 Å². The first kappa shape index (κ1) is 30.1. The largest absolute Gasteiger partial charge is 0.325 e. The van der Waals surface area contributed by atoms with Crippen LogP contribution in [0.3, 0.4) is 0 Å². The van der Waals surface area contributed by atoms with E-state index in [1.807, 2.05) is 66.7 Å².